The third kappa shape index (κ3) is 1.05. The summed E-state index contributed by atoms with van der Waals surface area (Å²) in [7, 11) is 0. The van der Waals surface area contributed by atoms with Gasteiger partial charge in [-0.1, -0.05) is 42.5 Å². The van der Waals surface area contributed by atoms with E-state index in [1.54, 1.807) is 9.15 Å². The molecule has 1 saturated carbocycles. The summed E-state index contributed by atoms with van der Waals surface area (Å²) in [5.74, 6) is 3.40. The summed E-state index contributed by atoms with van der Waals surface area (Å²) >= 11 is 2.58. The molecule has 0 aliphatic heterocycles. The minimum atomic E-state index is 0.837. The zero-order valence-corrected chi connectivity index (χ0v) is 11.1. The van der Waals surface area contributed by atoms with Crippen molar-refractivity contribution in [2.24, 2.45) is 23.7 Å². The molecule has 0 radical (unpaired) electrons. The van der Waals surface area contributed by atoms with Gasteiger partial charge in [-0.15, -0.1) is 0 Å². The predicted octanol–water partition coefficient (Wildman–Crippen LogP) is 4.28. The van der Waals surface area contributed by atoms with Gasteiger partial charge in [-0.3, -0.25) is 0 Å². The lowest BCUT2D eigenvalue weighted by Gasteiger charge is -2.41. The summed E-state index contributed by atoms with van der Waals surface area (Å²) in [6.07, 6.45) is 6.31. The molecule has 0 nitrogen and oxygen atoms in total. The zero-order chi connectivity index (χ0) is 10.7. The molecule has 0 unspecified atom stereocenters. The third-order valence-electron chi connectivity index (χ3n) is 4.43. The Morgan fingerprint density at radius 3 is 2.38 bits per heavy atom. The molecular weight excluding hydrogens is 307 g/mol. The Bertz CT molecular complexity index is 497. The topological polar surface area (TPSA) is 0 Å². The molecule has 4 atom stereocenters. The molecule has 0 aromatic heterocycles. The van der Waals surface area contributed by atoms with Gasteiger partial charge >= 0.3 is 0 Å². The van der Waals surface area contributed by atoms with Crippen LogP contribution in [0.5, 0.6) is 0 Å². The fourth-order valence-electron chi connectivity index (χ4n) is 3.75. The maximum atomic E-state index is 2.58. The van der Waals surface area contributed by atoms with Crippen LogP contribution in [-0.4, -0.2) is 0 Å². The Hall–Kier alpha value is -0.570. The highest BCUT2D eigenvalue weighted by atomic mass is 127. The average Bonchev–Trinajstić information content (AvgIpc) is 2.87. The van der Waals surface area contributed by atoms with Gasteiger partial charge in [0.1, 0.15) is 0 Å². The van der Waals surface area contributed by atoms with Crippen molar-refractivity contribution in [1.82, 2.24) is 0 Å². The molecule has 0 spiro atoms. The van der Waals surface area contributed by atoms with Gasteiger partial charge in [-0.2, -0.15) is 0 Å². The van der Waals surface area contributed by atoms with Gasteiger partial charge in [0.25, 0.3) is 0 Å². The van der Waals surface area contributed by atoms with E-state index in [2.05, 4.69) is 65.1 Å². The van der Waals surface area contributed by atoms with Crippen molar-refractivity contribution in [3.05, 3.63) is 51.6 Å². The molecule has 16 heavy (non-hydrogen) atoms. The number of rotatable bonds is 1. The van der Waals surface area contributed by atoms with Crippen molar-refractivity contribution in [1.29, 1.82) is 0 Å². The largest absolute Gasteiger partial charge is 0.0845 e. The van der Waals surface area contributed by atoms with E-state index in [-0.39, 0.29) is 0 Å². The third-order valence-corrected chi connectivity index (χ3v) is 5.73. The molecule has 4 rings (SSSR count). The molecule has 0 saturated heterocycles. The van der Waals surface area contributed by atoms with E-state index >= 15 is 0 Å². The molecule has 3 aliphatic carbocycles. The smallest absolute Gasteiger partial charge is 0.00374 e. The molecule has 1 aromatic rings. The first-order valence-electron chi connectivity index (χ1n) is 5.99. The van der Waals surface area contributed by atoms with Gasteiger partial charge in [-0.25, -0.2) is 0 Å². The van der Waals surface area contributed by atoms with Crippen molar-refractivity contribution in [3.8, 4) is 0 Å². The van der Waals surface area contributed by atoms with Gasteiger partial charge in [-0.05, 0) is 61.5 Å². The van der Waals surface area contributed by atoms with E-state index < -0.39 is 0 Å². The standard InChI is InChI=1S/C15H13I/c16-15-13(9-4-2-1-3-5-9)12-10-6-7-11(8-10)14(12)15/h1-7,10-12,14H,8H2/t10-,11+,12-,14-/m1/s1. The Morgan fingerprint density at radius 2 is 1.62 bits per heavy atom. The SMILES string of the molecule is IC1=C(c2ccccc2)[C@@H]2[C@H]1[C@H]1C=C[C@@H]2C1. The van der Waals surface area contributed by atoms with E-state index in [1.807, 2.05) is 0 Å². The molecular formula is C15H13I. The van der Waals surface area contributed by atoms with Crippen LogP contribution in [0.1, 0.15) is 12.0 Å². The molecule has 80 valence electrons. The van der Waals surface area contributed by atoms with Crippen LogP contribution in [0, 0.1) is 23.7 Å². The molecule has 1 heteroatoms. The summed E-state index contributed by atoms with van der Waals surface area (Å²) in [5.41, 5.74) is 3.09. The van der Waals surface area contributed by atoms with Crippen LogP contribution in [0.25, 0.3) is 5.57 Å². The zero-order valence-electron chi connectivity index (χ0n) is 8.94. The fraction of sp³-hybridized carbons (Fsp3) is 0.333. The number of hydrogen-bond donors (Lipinski definition) is 0. The summed E-state index contributed by atoms with van der Waals surface area (Å²) in [6.45, 7) is 0. The normalized spacial score (nSPS) is 38.8. The molecule has 0 heterocycles. The summed E-state index contributed by atoms with van der Waals surface area (Å²) < 4.78 is 1.63. The number of allylic oxidation sites excluding steroid dienone is 4. The van der Waals surface area contributed by atoms with Crippen LogP contribution in [0.15, 0.2) is 46.1 Å². The lowest BCUT2D eigenvalue weighted by Crippen LogP contribution is -2.30. The van der Waals surface area contributed by atoms with E-state index in [0.29, 0.717) is 0 Å². The number of fused-ring (bicyclic) bond motifs is 5. The van der Waals surface area contributed by atoms with Crippen LogP contribution in [0.3, 0.4) is 0 Å². The summed E-state index contributed by atoms with van der Waals surface area (Å²) in [4.78, 5) is 0. The van der Waals surface area contributed by atoms with E-state index in [9.17, 15) is 0 Å². The Morgan fingerprint density at radius 1 is 0.938 bits per heavy atom. The first kappa shape index (κ1) is 9.46. The minimum Gasteiger partial charge on any atom is -0.0845 e. The van der Waals surface area contributed by atoms with Crippen LogP contribution in [0.4, 0.5) is 0 Å². The number of benzene rings is 1. The van der Waals surface area contributed by atoms with Gasteiger partial charge in [0.05, 0.1) is 0 Å². The Labute approximate surface area is 110 Å². The Balaban J connectivity index is 1.80. The molecule has 2 bridgehead atoms. The van der Waals surface area contributed by atoms with Crippen molar-refractivity contribution in [2.75, 3.05) is 0 Å². The molecule has 0 amide bonds. The van der Waals surface area contributed by atoms with Crippen molar-refractivity contribution in [2.45, 2.75) is 6.42 Å². The highest BCUT2D eigenvalue weighted by Crippen LogP contribution is 2.65. The van der Waals surface area contributed by atoms with E-state index in [0.717, 1.165) is 23.7 Å². The van der Waals surface area contributed by atoms with E-state index in [4.69, 9.17) is 0 Å². The van der Waals surface area contributed by atoms with Crippen molar-refractivity contribution < 1.29 is 0 Å². The van der Waals surface area contributed by atoms with Crippen molar-refractivity contribution in [3.63, 3.8) is 0 Å². The first-order valence-corrected chi connectivity index (χ1v) is 7.07. The second-order valence-electron chi connectivity index (χ2n) is 5.13. The maximum Gasteiger partial charge on any atom is 0.00374 e. The quantitative estimate of drug-likeness (QED) is 0.535. The summed E-state index contributed by atoms with van der Waals surface area (Å²) in [6, 6.07) is 10.9. The Kier molecular flexibility index (Phi) is 1.90. The number of halogens is 1. The number of hydrogen-bond acceptors (Lipinski definition) is 0. The monoisotopic (exact) mass is 320 g/mol. The van der Waals surface area contributed by atoms with Gasteiger partial charge in [0.15, 0.2) is 0 Å². The van der Waals surface area contributed by atoms with E-state index in [1.165, 1.54) is 12.0 Å². The first-order chi connectivity index (χ1) is 7.86. The van der Waals surface area contributed by atoms with Crippen molar-refractivity contribution >= 4 is 28.2 Å². The minimum absolute atomic E-state index is 0.837. The average molecular weight is 320 g/mol. The molecule has 0 N–H and O–H groups in total. The predicted molar refractivity (Wildman–Crippen MR) is 75.1 cm³/mol. The summed E-state index contributed by atoms with van der Waals surface area (Å²) in [5, 5.41) is 0. The van der Waals surface area contributed by atoms with Gasteiger partial charge in [0, 0.05) is 5.92 Å². The van der Waals surface area contributed by atoms with Crippen LogP contribution < -0.4 is 0 Å². The highest BCUT2D eigenvalue weighted by molar-refractivity contribution is 14.1. The van der Waals surface area contributed by atoms with Crippen LogP contribution in [-0.2, 0) is 0 Å². The van der Waals surface area contributed by atoms with Gasteiger partial charge in [0.2, 0.25) is 0 Å². The lowest BCUT2D eigenvalue weighted by atomic mass is 9.67. The molecule has 1 aromatic carbocycles. The highest BCUT2D eigenvalue weighted by Gasteiger charge is 2.54. The molecule has 1 fully saturated rings. The second-order valence-corrected chi connectivity index (χ2v) is 6.29. The van der Waals surface area contributed by atoms with Crippen LogP contribution >= 0.6 is 22.6 Å². The second kappa shape index (κ2) is 3.22. The van der Waals surface area contributed by atoms with Crippen LogP contribution in [0.2, 0.25) is 0 Å². The molecule has 3 aliphatic rings. The van der Waals surface area contributed by atoms with Gasteiger partial charge < -0.3 is 0 Å². The lowest BCUT2D eigenvalue weighted by molar-refractivity contribution is 0.416. The fourth-order valence-corrected chi connectivity index (χ4v) is 5.27. The maximum absolute atomic E-state index is 2.58.